The molecular weight excluding hydrogens is 234 g/mol. The third-order valence-electron chi connectivity index (χ3n) is 1.65. The number of carbonyl (C=O) groups excluding carboxylic acids is 1. The second-order valence-electron chi connectivity index (χ2n) is 2.79. The van der Waals surface area contributed by atoms with Crippen LogP contribution in [0.3, 0.4) is 0 Å². The fraction of sp³-hybridized carbons (Fsp3) is 0.111. The summed E-state index contributed by atoms with van der Waals surface area (Å²) in [6, 6.07) is 3.88. The minimum Gasteiger partial charge on any atom is -0.319 e. The average molecular weight is 240 g/mol. The summed E-state index contributed by atoms with van der Waals surface area (Å²) in [7, 11) is 0. The van der Waals surface area contributed by atoms with Crippen LogP contribution in [0.15, 0.2) is 18.2 Å². The van der Waals surface area contributed by atoms with Crippen LogP contribution in [-0.4, -0.2) is 17.4 Å². The number of rotatable bonds is 3. The highest BCUT2D eigenvalue weighted by Gasteiger charge is 2.14. The van der Waals surface area contributed by atoms with Crippen LogP contribution in [0.4, 0.5) is 11.4 Å². The molecule has 0 aromatic heterocycles. The molecule has 0 aliphatic rings. The van der Waals surface area contributed by atoms with Crippen LogP contribution in [0.25, 0.3) is 4.85 Å². The quantitative estimate of drug-likeness (QED) is 0.499. The van der Waals surface area contributed by atoms with Gasteiger partial charge in [0.15, 0.2) is 0 Å². The van der Waals surface area contributed by atoms with E-state index < -0.39 is 10.8 Å². The van der Waals surface area contributed by atoms with Crippen molar-refractivity contribution in [2.75, 3.05) is 11.9 Å². The maximum Gasteiger partial charge on any atom is 0.304 e. The van der Waals surface area contributed by atoms with E-state index in [1.165, 1.54) is 12.1 Å². The van der Waals surface area contributed by atoms with Gasteiger partial charge in [-0.25, -0.2) is 6.57 Å². The van der Waals surface area contributed by atoms with Crippen molar-refractivity contribution in [1.82, 2.24) is 0 Å². The summed E-state index contributed by atoms with van der Waals surface area (Å²) in [5.41, 5.74) is -0.0490. The van der Waals surface area contributed by atoms with E-state index in [0.29, 0.717) is 0 Å². The Kier molecular flexibility index (Phi) is 3.80. The number of nitro groups is 1. The molecule has 16 heavy (non-hydrogen) atoms. The van der Waals surface area contributed by atoms with Crippen molar-refractivity contribution in [3.05, 3.63) is 44.8 Å². The molecule has 0 bridgehead atoms. The number of nitrogens with one attached hydrogen (secondary N) is 1. The Morgan fingerprint density at radius 2 is 2.31 bits per heavy atom. The Hall–Kier alpha value is -2.13. The molecule has 6 nitrogen and oxygen atoms in total. The Balaban J connectivity index is 2.92. The molecule has 0 unspecified atom stereocenters. The molecule has 82 valence electrons. The van der Waals surface area contributed by atoms with Crippen LogP contribution in [0.2, 0.25) is 5.02 Å². The molecule has 1 N–H and O–H groups in total. The van der Waals surface area contributed by atoms with Gasteiger partial charge in [0, 0.05) is 11.8 Å². The first kappa shape index (κ1) is 11.9. The summed E-state index contributed by atoms with van der Waals surface area (Å²) in [5, 5.41) is 12.9. The van der Waals surface area contributed by atoms with Gasteiger partial charge < -0.3 is 10.2 Å². The summed E-state index contributed by atoms with van der Waals surface area (Å²) >= 11 is 5.59. The van der Waals surface area contributed by atoms with Gasteiger partial charge in [-0.3, -0.25) is 14.9 Å². The number of amides is 1. The number of hydrogen-bond donors (Lipinski definition) is 1. The lowest BCUT2D eigenvalue weighted by Gasteiger charge is -2.02. The Labute approximate surface area is 95.8 Å². The molecule has 0 saturated heterocycles. The van der Waals surface area contributed by atoms with Crippen LogP contribution in [-0.2, 0) is 4.79 Å². The zero-order valence-corrected chi connectivity index (χ0v) is 8.69. The predicted octanol–water partition coefficient (Wildman–Crippen LogP) is 2.11. The van der Waals surface area contributed by atoms with Gasteiger partial charge in [0.05, 0.1) is 4.92 Å². The standard InChI is InChI=1S/C9H6ClN3O3/c1-11-5-9(14)12-6-2-3-7(10)8(4-6)13(15)16/h2-4H,5H2,(H,12,14). The Bertz CT molecular complexity index is 481. The molecule has 1 rings (SSSR count). The smallest absolute Gasteiger partial charge is 0.304 e. The van der Waals surface area contributed by atoms with Gasteiger partial charge in [0.2, 0.25) is 0 Å². The number of nitro benzene ring substituents is 1. The Morgan fingerprint density at radius 3 is 2.88 bits per heavy atom. The Morgan fingerprint density at radius 1 is 1.62 bits per heavy atom. The largest absolute Gasteiger partial charge is 0.319 e. The van der Waals surface area contributed by atoms with E-state index in [1.54, 1.807) is 0 Å². The van der Waals surface area contributed by atoms with Crippen molar-refractivity contribution < 1.29 is 9.72 Å². The summed E-state index contributed by atoms with van der Waals surface area (Å²) in [5.74, 6) is -0.522. The number of benzene rings is 1. The highest BCUT2D eigenvalue weighted by atomic mass is 35.5. The number of carbonyl (C=O) groups is 1. The molecule has 0 aliphatic heterocycles. The van der Waals surface area contributed by atoms with Crippen molar-refractivity contribution in [2.24, 2.45) is 0 Å². The zero-order chi connectivity index (χ0) is 12.1. The fourth-order valence-corrected chi connectivity index (χ4v) is 1.19. The van der Waals surface area contributed by atoms with E-state index in [1.807, 2.05) is 0 Å². The van der Waals surface area contributed by atoms with E-state index in [-0.39, 0.29) is 22.9 Å². The molecule has 0 saturated carbocycles. The molecule has 7 heteroatoms. The second-order valence-corrected chi connectivity index (χ2v) is 3.19. The molecule has 0 spiro atoms. The summed E-state index contributed by atoms with van der Waals surface area (Å²) in [6.45, 7) is 6.16. The van der Waals surface area contributed by atoms with Gasteiger partial charge in [-0.05, 0) is 12.1 Å². The van der Waals surface area contributed by atoms with Crippen molar-refractivity contribution in [3.8, 4) is 0 Å². The first-order valence-corrected chi connectivity index (χ1v) is 4.49. The third-order valence-corrected chi connectivity index (χ3v) is 1.97. The minimum atomic E-state index is -0.646. The molecule has 1 amide bonds. The SMILES string of the molecule is [C-]#[N+]CC(=O)Nc1ccc(Cl)c([N+](=O)[O-])c1. The van der Waals surface area contributed by atoms with E-state index in [2.05, 4.69) is 10.2 Å². The molecular formula is C9H6ClN3O3. The van der Waals surface area contributed by atoms with Crippen LogP contribution >= 0.6 is 11.6 Å². The lowest BCUT2D eigenvalue weighted by molar-refractivity contribution is -0.384. The summed E-state index contributed by atoms with van der Waals surface area (Å²) < 4.78 is 0. The van der Waals surface area contributed by atoms with Gasteiger partial charge >= 0.3 is 5.91 Å². The van der Waals surface area contributed by atoms with Crippen molar-refractivity contribution in [1.29, 1.82) is 0 Å². The zero-order valence-electron chi connectivity index (χ0n) is 7.94. The molecule has 0 aliphatic carbocycles. The van der Waals surface area contributed by atoms with Gasteiger partial charge in [-0.15, -0.1) is 0 Å². The van der Waals surface area contributed by atoms with Crippen LogP contribution in [0.5, 0.6) is 0 Å². The van der Waals surface area contributed by atoms with Crippen LogP contribution in [0.1, 0.15) is 0 Å². The van der Waals surface area contributed by atoms with Gasteiger partial charge in [-0.1, -0.05) is 11.6 Å². The molecule has 0 atom stereocenters. The van der Waals surface area contributed by atoms with Crippen molar-refractivity contribution in [3.63, 3.8) is 0 Å². The normalized spacial score (nSPS) is 9.25. The van der Waals surface area contributed by atoms with E-state index in [0.717, 1.165) is 6.07 Å². The monoisotopic (exact) mass is 239 g/mol. The molecule has 0 heterocycles. The molecule has 0 radical (unpaired) electrons. The highest BCUT2D eigenvalue weighted by molar-refractivity contribution is 6.32. The minimum absolute atomic E-state index is 0.00632. The topological polar surface area (TPSA) is 76.6 Å². The fourth-order valence-electron chi connectivity index (χ4n) is 1.00. The molecule has 1 aromatic rings. The second kappa shape index (κ2) is 5.09. The average Bonchev–Trinajstić information content (AvgIpc) is 2.21. The number of hydrogen-bond acceptors (Lipinski definition) is 3. The van der Waals surface area contributed by atoms with Crippen LogP contribution < -0.4 is 5.32 Å². The van der Waals surface area contributed by atoms with E-state index in [9.17, 15) is 14.9 Å². The highest BCUT2D eigenvalue weighted by Crippen LogP contribution is 2.27. The van der Waals surface area contributed by atoms with E-state index in [4.69, 9.17) is 18.2 Å². The van der Waals surface area contributed by atoms with Crippen molar-refractivity contribution >= 4 is 28.9 Å². The maximum absolute atomic E-state index is 11.1. The molecule has 1 aromatic carbocycles. The lowest BCUT2D eigenvalue weighted by Crippen LogP contribution is -2.13. The van der Waals surface area contributed by atoms with E-state index >= 15 is 0 Å². The van der Waals surface area contributed by atoms with Gasteiger partial charge in [0.25, 0.3) is 12.2 Å². The van der Waals surface area contributed by atoms with Gasteiger partial charge in [-0.2, -0.15) is 0 Å². The predicted molar refractivity (Wildman–Crippen MR) is 58.2 cm³/mol. The van der Waals surface area contributed by atoms with Crippen LogP contribution in [0, 0.1) is 16.7 Å². The summed E-state index contributed by atoms with van der Waals surface area (Å²) in [6.07, 6.45) is 0. The molecule has 0 fully saturated rings. The summed E-state index contributed by atoms with van der Waals surface area (Å²) in [4.78, 5) is 23.8. The van der Waals surface area contributed by atoms with Crippen molar-refractivity contribution in [2.45, 2.75) is 0 Å². The maximum atomic E-state index is 11.1. The number of halogens is 1. The number of anilines is 1. The first-order valence-electron chi connectivity index (χ1n) is 4.11. The lowest BCUT2D eigenvalue weighted by atomic mass is 10.3. The van der Waals surface area contributed by atoms with Gasteiger partial charge in [0.1, 0.15) is 5.02 Å². The third kappa shape index (κ3) is 2.93. The first-order chi connectivity index (χ1) is 7.54. The number of nitrogens with zero attached hydrogens (tertiary/aromatic N) is 2.